The van der Waals surface area contributed by atoms with Gasteiger partial charge < -0.3 is 9.47 Å². The molecular weight excluding hydrogens is 288 g/mol. The predicted molar refractivity (Wildman–Crippen MR) is 83.1 cm³/mol. The molecule has 0 saturated carbocycles. The molecular formula is C16H23ClN2O2. The third kappa shape index (κ3) is 3.10. The third-order valence-electron chi connectivity index (χ3n) is 4.82. The maximum Gasteiger partial charge on any atom is 0.0940 e. The Hall–Kier alpha value is -0.650. The molecule has 2 aliphatic rings. The highest BCUT2D eigenvalue weighted by Crippen LogP contribution is 2.41. The molecule has 3 rings (SSSR count). The lowest BCUT2D eigenvalue weighted by atomic mass is 9.78. The van der Waals surface area contributed by atoms with E-state index in [1.165, 1.54) is 11.1 Å². The van der Waals surface area contributed by atoms with Crippen LogP contribution < -0.4 is 11.3 Å². The SMILES string of the molecule is Cc1cc(Cl)ccc1C(NN)C1CCOC2(CCOC2)C1. The Morgan fingerprint density at radius 2 is 2.29 bits per heavy atom. The molecule has 1 spiro atoms. The van der Waals surface area contributed by atoms with Gasteiger partial charge in [-0.3, -0.25) is 11.3 Å². The van der Waals surface area contributed by atoms with Crippen molar-refractivity contribution in [2.75, 3.05) is 19.8 Å². The van der Waals surface area contributed by atoms with Gasteiger partial charge in [0.25, 0.3) is 0 Å². The number of benzene rings is 1. The normalized spacial score (nSPS) is 30.7. The molecule has 0 amide bonds. The number of halogens is 1. The van der Waals surface area contributed by atoms with E-state index in [2.05, 4.69) is 18.4 Å². The second-order valence-corrected chi connectivity index (χ2v) is 6.67. The zero-order valence-electron chi connectivity index (χ0n) is 12.4. The highest BCUT2D eigenvalue weighted by atomic mass is 35.5. The second-order valence-electron chi connectivity index (χ2n) is 6.23. The van der Waals surface area contributed by atoms with Gasteiger partial charge >= 0.3 is 0 Å². The maximum absolute atomic E-state index is 6.06. The van der Waals surface area contributed by atoms with Crippen LogP contribution in [0.5, 0.6) is 0 Å². The van der Waals surface area contributed by atoms with Gasteiger partial charge in [0.15, 0.2) is 0 Å². The van der Waals surface area contributed by atoms with Crippen LogP contribution >= 0.6 is 11.6 Å². The van der Waals surface area contributed by atoms with Gasteiger partial charge in [-0.25, -0.2) is 0 Å². The van der Waals surface area contributed by atoms with Crippen molar-refractivity contribution in [2.45, 2.75) is 37.8 Å². The molecule has 2 fully saturated rings. The summed E-state index contributed by atoms with van der Waals surface area (Å²) in [4.78, 5) is 0. The topological polar surface area (TPSA) is 56.5 Å². The van der Waals surface area contributed by atoms with E-state index in [4.69, 9.17) is 26.9 Å². The minimum Gasteiger partial charge on any atom is -0.378 e. The fraction of sp³-hybridized carbons (Fsp3) is 0.625. The molecule has 2 heterocycles. The van der Waals surface area contributed by atoms with Crippen LogP contribution in [0.4, 0.5) is 0 Å². The van der Waals surface area contributed by atoms with Crippen molar-refractivity contribution in [1.82, 2.24) is 5.43 Å². The summed E-state index contributed by atoms with van der Waals surface area (Å²) in [5.74, 6) is 6.32. The first-order chi connectivity index (χ1) is 10.1. The van der Waals surface area contributed by atoms with E-state index in [0.717, 1.165) is 37.5 Å². The quantitative estimate of drug-likeness (QED) is 0.666. The Morgan fingerprint density at radius 1 is 1.43 bits per heavy atom. The van der Waals surface area contributed by atoms with Crippen molar-refractivity contribution in [3.05, 3.63) is 34.3 Å². The number of aryl methyl sites for hydroxylation is 1. The van der Waals surface area contributed by atoms with Gasteiger partial charge in [0.05, 0.1) is 12.2 Å². The lowest BCUT2D eigenvalue weighted by Gasteiger charge is -2.40. The first-order valence-corrected chi connectivity index (χ1v) is 7.95. The Kier molecular flexibility index (Phi) is 4.52. The first kappa shape index (κ1) is 15.3. The summed E-state index contributed by atoms with van der Waals surface area (Å²) in [5.41, 5.74) is 5.32. The standard InChI is InChI=1S/C16H23ClN2O2/c1-11-8-13(17)2-3-14(11)15(19-18)12-4-6-21-16(9-12)5-7-20-10-16/h2-3,8,12,15,19H,4-7,9-10,18H2,1H3. The average molecular weight is 311 g/mol. The molecule has 3 unspecified atom stereocenters. The van der Waals surface area contributed by atoms with Crippen molar-refractivity contribution >= 4 is 11.6 Å². The second kappa shape index (κ2) is 6.23. The molecule has 0 bridgehead atoms. The van der Waals surface area contributed by atoms with Gasteiger partial charge in [-0.05, 0) is 48.9 Å². The van der Waals surface area contributed by atoms with Crippen LogP contribution in [0, 0.1) is 12.8 Å². The predicted octanol–water partition coefficient (Wildman–Crippen LogP) is 2.74. The van der Waals surface area contributed by atoms with Crippen LogP contribution in [-0.4, -0.2) is 25.4 Å². The van der Waals surface area contributed by atoms with Crippen LogP contribution in [0.1, 0.15) is 36.4 Å². The van der Waals surface area contributed by atoms with Gasteiger partial charge in [-0.15, -0.1) is 0 Å². The van der Waals surface area contributed by atoms with E-state index in [1.54, 1.807) is 0 Å². The van der Waals surface area contributed by atoms with Gasteiger partial charge in [0, 0.05) is 30.7 Å². The number of nitrogens with one attached hydrogen (secondary N) is 1. The van der Waals surface area contributed by atoms with Crippen LogP contribution in [0.3, 0.4) is 0 Å². The van der Waals surface area contributed by atoms with E-state index in [9.17, 15) is 0 Å². The summed E-state index contributed by atoms with van der Waals surface area (Å²) in [5, 5.41) is 0.764. The van der Waals surface area contributed by atoms with Crippen molar-refractivity contribution < 1.29 is 9.47 Å². The average Bonchev–Trinajstić information content (AvgIpc) is 2.90. The number of hydrazine groups is 1. The Balaban J connectivity index is 1.82. The minimum absolute atomic E-state index is 0.0989. The highest BCUT2D eigenvalue weighted by molar-refractivity contribution is 6.30. The molecule has 2 aliphatic heterocycles. The number of ether oxygens (including phenoxy) is 2. The lowest BCUT2D eigenvalue weighted by Crippen LogP contribution is -2.45. The summed E-state index contributed by atoms with van der Waals surface area (Å²) in [6, 6.07) is 6.13. The van der Waals surface area contributed by atoms with E-state index in [-0.39, 0.29) is 11.6 Å². The molecule has 5 heteroatoms. The largest absolute Gasteiger partial charge is 0.378 e. The van der Waals surface area contributed by atoms with Crippen LogP contribution in [0.25, 0.3) is 0 Å². The van der Waals surface area contributed by atoms with E-state index >= 15 is 0 Å². The van der Waals surface area contributed by atoms with Gasteiger partial charge in [-0.1, -0.05) is 17.7 Å². The summed E-state index contributed by atoms with van der Waals surface area (Å²) >= 11 is 6.06. The van der Waals surface area contributed by atoms with Gasteiger partial charge in [0.2, 0.25) is 0 Å². The molecule has 4 nitrogen and oxygen atoms in total. The van der Waals surface area contributed by atoms with Gasteiger partial charge in [-0.2, -0.15) is 0 Å². The Bertz CT molecular complexity index is 503. The monoisotopic (exact) mass is 310 g/mol. The summed E-state index contributed by atoms with van der Waals surface area (Å²) in [6.07, 6.45) is 2.99. The smallest absolute Gasteiger partial charge is 0.0940 e. The summed E-state index contributed by atoms with van der Waals surface area (Å²) < 4.78 is 11.6. The minimum atomic E-state index is -0.0989. The Morgan fingerprint density at radius 3 is 2.95 bits per heavy atom. The van der Waals surface area contributed by atoms with Crippen molar-refractivity contribution in [2.24, 2.45) is 11.8 Å². The van der Waals surface area contributed by atoms with Crippen molar-refractivity contribution in [3.63, 3.8) is 0 Å². The molecule has 0 aromatic heterocycles. The molecule has 3 atom stereocenters. The van der Waals surface area contributed by atoms with Crippen LogP contribution in [-0.2, 0) is 9.47 Å². The van der Waals surface area contributed by atoms with Crippen LogP contribution in [0.2, 0.25) is 5.02 Å². The molecule has 21 heavy (non-hydrogen) atoms. The van der Waals surface area contributed by atoms with E-state index in [1.807, 2.05) is 12.1 Å². The molecule has 116 valence electrons. The van der Waals surface area contributed by atoms with Crippen molar-refractivity contribution in [3.8, 4) is 0 Å². The fourth-order valence-electron chi connectivity index (χ4n) is 3.68. The van der Waals surface area contributed by atoms with Crippen LogP contribution in [0.15, 0.2) is 18.2 Å². The van der Waals surface area contributed by atoms with E-state index in [0.29, 0.717) is 12.5 Å². The number of hydrogen-bond donors (Lipinski definition) is 2. The lowest BCUT2D eigenvalue weighted by molar-refractivity contribution is -0.103. The molecule has 0 radical (unpaired) electrons. The summed E-state index contributed by atoms with van der Waals surface area (Å²) in [6.45, 7) is 4.37. The first-order valence-electron chi connectivity index (χ1n) is 7.57. The molecule has 3 N–H and O–H groups in total. The molecule has 1 aromatic rings. The van der Waals surface area contributed by atoms with Crippen molar-refractivity contribution in [1.29, 1.82) is 0 Å². The van der Waals surface area contributed by atoms with Gasteiger partial charge in [0.1, 0.15) is 0 Å². The number of hydrogen-bond acceptors (Lipinski definition) is 4. The third-order valence-corrected chi connectivity index (χ3v) is 5.05. The highest BCUT2D eigenvalue weighted by Gasteiger charge is 2.43. The zero-order chi connectivity index (χ0) is 14.9. The fourth-order valence-corrected chi connectivity index (χ4v) is 3.91. The molecule has 2 saturated heterocycles. The summed E-state index contributed by atoms with van der Waals surface area (Å²) in [7, 11) is 0. The molecule has 0 aliphatic carbocycles. The Labute approximate surface area is 130 Å². The molecule has 1 aromatic carbocycles. The van der Waals surface area contributed by atoms with E-state index < -0.39 is 0 Å². The number of nitrogens with two attached hydrogens (primary N) is 1. The zero-order valence-corrected chi connectivity index (χ0v) is 13.2. The number of rotatable bonds is 3. The maximum atomic E-state index is 6.06.